The average Bonchev–Trinajstić information content (AvgIpc) is 2.23. The predicted molar refractivity (Wildman–Crippen MR) is 68.6 cm³/mol. The molecular formula is C8H16BLiO11. The molecule has 0 aliphatic heterocycles. The molecule has 0 amide bonds. The molecule has 0 atom stereocenters. The van der Waals surface area contributed by atoms with E-state index in [9.17, 15) is 19.2 Å². The van der Waals surface area contributed by atoms with Crippen LogP contribution in [0.4, 0.5) is 0 Å². The van der Waals surface area contributed by atoms with Crippen LogP contribution in [0.25, 0.3) is 0 Å². The van der Waals surface area contributed by atoms with E-state index in [4.69, 9.17) is 35.5 Å². The van der Waals surface area contributed by atoms with E-state index in [2.05, 4.69) is 0 Å². The zero-order valence-corrected chi connectivity index (χ0v) is 10.2. The van der Waals surface area contributed by atoms with Crippen molar-refractivity contribution in [2.45, 2.75) is 25.7 Å². The number of hydrogen-bond donors (Lipinski definition) is 7. The molecule has 0 aromatic heterocycles. The molecular weight excluding hydrogens is 290 g/mol. The topological polar surface area (TPSA) is 210 Å². The zero-order valence-electron chi connectivity index (χ0n) is 10.2. The Kier molecular flexibility index (Phi) is 24.3. The maximum atomic E-state index is 9.64. The van der Waals surface area contributed by atoms with Gasteiger partial charge in [-0.15, -0.1) is 0 Å². The van der Waals surface area contributed by atoms with E-state index in [-0.39, 0.29) is 44.5 Å². The van der Waals surface area contributed by atoms with E-state index in [0.717, 1.165) is 0 Å². The van der Waals surface area contributed by atoms with Crippen LogP contribution in [0, 0.1) is 0 Å². The number of carbonyl (C=O) groups is 4. The SMILES string of the molecule is O=C(O)CCC(=O)O.O=C(O)CCC(=O)O.OB(O)O.[LiH]. The van der Waals surface area contributed by atoms with Gasteiger partial charge in [-0.25, -0.2) is 0 Å². The Hall–Kier alpha value is -1.58. The Morgan fingerprint density at radius 2 is 0.667 bits per heavy atom. The molecule has 0 aliphatic rings. The van der Waals surface area contributed by atoms with Gasteiger partial charge in [-0.2, -0.15) is 0 Å². The van der Waals surface area contributed by atoms with Gasteiger partial charge in [-0.3, -0.25) is 19.2 Å². The van der Waals surface area contributed by atoms with Gasteiger partial charge < -0.3 is 35.5 Å². The summed E-state index contributed by atoms with van der Waals surface area (Å²) in [5, 5.41) is 53.1. The number of rotatable bonds is 6. The molecule has 11 nitrogen and oxygen atoms in total. The number of hydrogen-bond acceptors (Lipinski definition) is 7. The Morgan fingerprint density at radius 1 is 0.571 bits per heavy atom. The van der Waals surface area contributed by atoms with Crippen LogP contribution in [0.15, 0.2) is 0 Å². The molecule has 0 radical (unpaired) electrons. The van der Waals surface area contributed by atoms with Gasteiger partial charge in [0.05, 0.1) is 25.7 Å². The van der Waals surface area contributed by atoms with E-state index < -0.39 is 31.2 Å². The van der Waals surface area contributed by atoms with Crippen molar-refractivity contribution in [1.82, 2.24) is 0 Å². The van der Waals surface area contributed by atoms with Crippen molar-refractivity contribution in [3.05, 3.63) is 0 Å². The quantitative estimate of drug-likeness (QED) is 0.248. The summed E-state index contributed by atoms with van der Waals surface area (Å²) in [7, 11) is -2.17. The minimum absolute atomic E-state index is 0. The molecule has 0 fully saturated rings. The van der Waals surface area contributed by atoms with Crippen molar-refractivity contribution < 1.29 is 54.7 Å². The van der Waals surface area contributed by atoms with Gasteiger partial charge in [0.25, 0.3) is 0 Å². The van der Waals surface area contributed by atoms with Crippen molar-refractivity contribution >= 4 is 50.1 Å². The molecule has 0 unspecified atom stereocenters. The molecule has 0 heterocycles. The van der Waals surface area contributed by atoms with Gasteiger partial charge in [0.2, 0.25) is 0 Å². The molecule has 0 rings (SSSR count). The summed E-state index contributed by atoms with van der Waals surface area (Å²) in [6, 6.07) is 0. The first-order valence-corrected chi connectivity index (χ1v) is 4.90. The second-order valence-corrected chi connectivity index (χ2v) is 2.92. The van der Waals surface area contributed by atoms with Crippen molar-refractivity contribution in [2.75, 3.05) is 0 Å². The first-order chi connectivity index (χ1) is 8.98. The molecule has 0 bridgehead atoms. The van der Waals surface area contributed by atoms with Crippen LogP contribution in [-0.4, -0.2) is 85.6 Å². The van der Waals surface area contributed by atoms with E-state index in [0.29, 0.717) is 0 Å². The maximum absolute atomic E-state index is 9.64. The van der Waals surface area contributed by atoms with E-state index in [1.165, 1.54) is 0 Å². The molecule has 13 heteroatoms. The summed E-state index contributed by atoms with van der Waals surface area (Å²) in [4.78, 5) is 38.6. The Labute approximate surface area is 131 Å². The standard InChI is InChI=1S/2C4H6O4.BH3O3.Li.H/c2*5-3(6)1-2-4(7)8;2-1(3)4;;/h2*1-2H2,(H,5,6)(H,7,8);2-4H;;. The van der Waals surface area contributed by atoms with Crippen LogP contribution in [-0.2, 0) is 19.2 Å². The Balaban J connectivity index is -0.000000107. The molecule has 7 N–H and O–H groups in total. The first kappa shape index (κ1) is 27.7. The predicted octanol–water partition coefficient (Wildman–Crippen LogP) is -2.83. The van der Waals surface area contributed by atoms with Crippen molar-refractivity contribution in [3.63, 3.8) is 0 Å². The van der Waals surface area contributed by atoms with Gasteiger partial charge in [-0.05, 0) is 0 Å². The number of aliphatic carboxylic acids is 4. The third-order valence-corrected chi connectivity index (χ3v) is 1.11. The first-order valence-electron chi connectivity index (χ1n) is 4.90. The fourth-order valence-electron chi connectivity index (χ4n) is 0.428. The van der Waals surface area contributed by atoms with E-state index in [1.807, 2.05) is 0 Å². The minimum atomic E-state index is -2.17. The zero-order chi connectivity index (χ0) is 16.7. The Bertz CT molecular complexity index is 261. The summed E-state index contributed by atoms with van der Waals surface area (Å²) in [5.41, 5.74) is 0. The Morgan fingerprint density at radius 3 is 0.714 bits per heavy atom. The van der Waals surface area contributed by atoms with E-state index >= 15 is 0 Å². The van der Waals surface area contributed by atoms with Crippen LogP contribution < -0.4 is 0 Å². The molecule has 0 aliphatic carbocycles. The van der Waals surface area contributed by atoms with Gasteiger partial charge in [0.15, 0.2) is 0 Å². The molecule has 118 valence electrons. The van der Waals surface area contributed by atoms with Crippen LogP contribution in [0.3, 0.4) is 0 Å². The van der Waals surface area contributed by atoms with Crippen LogP contribution in [0.5, 0.6) is 0 Å². The third kappa shape index (κ3) is 70.0. The van der Waals surface area contributed by atoms with Crippen molar-refractivity contribution in [2.24, 2.45) is 0 Å². The molecule has 0 saturated heterocycles. The fourth-order valence-corrected chi connectivity index (χ4v) is 0.428. The van der Waals surface area contributed by atoms with Gasteiger partial charge >= 0.3 is 50.1 Å². The molecule has 0 aromatic carbocycles. The summed E-state index contributed by atoms with van der Waals surface area (Å²) in [6.45, 7) is 0. The normalized spacial score (nSPS) is 7.76. The van der Waals surface area contributed by atoms with E-state index in [1.54, 1.807) is 0 Å². The van der Waals surface area contributed by atoms with Crippen molar-refractivity contribution in [1.29, 1.82) is 0 Å². The second-order valence-electron chi connectivity index (χ2n) is 2.92. The average molecular weight is 306 g/mol. The molecule has 21 heavy (non-hydrogen) atoms. The summed E-state index contributed by atoms with van der Waals surface area (Å²) < 4.78 is 0. The third-order valence-electron chi connectivity index (χ3n) is 1.11. The van der Waals surface area contributed by atoms with Crippen LogP contribution in [0.2, 0.25) is 0 Å². The summed E-state index contributed by atoms with van der Waals surface area (Å²) in [6.07, 6.45) is -1.19. The van der Waals surface area contributed by atoms with Gasteiger partial charge in [0.1, 0.15) is 0 Å². The number of carboxylic acids is 4. The fraction of sp³-hybridized carbons (Fsp3) is 0.500. The summed E-state index contributed by atoms with van der Waals surface area (Å²) in [5.74, 6) is -4.31. The van der Waals surface area contributed by atoms with Crippen LogP contribution >= 0.6 is 0 Å². The van der Waals surface area contributed by atoms with Gasteiger partial charge in [0, 0.05) is 0 Å². The summed E-state index contributed by atoms with van der Waals surface area (Å²) >= 11 is 0. The second kappa shape index (κ2) is 18.4. The molecule has 0 aromatic rings. The molecule has 0 saturated carbocycles. The van der Waals surface area contributed by atoms with Crippen molar-refractivity contribution in [3.8, 4) is 0 Å². The van der Waals surface area contributed by atoms with Crippen LogP contribution in [0.1, 0.15) is 25.7 Å². The van der Waals surface area contributed by atoms with Gasteiger partial charge in [-0.1, -0.05) is 0 Å². The number of carboxylic acid groups (broad SMARTS) is 4. The monoisotopic (exact) mass is 306 g/mol. The molecule has 0 spiro atoms.